The molecule has 0 spiro atoms. The third kappa shape index (κ3) is 1.81. The second-order valence-corrected chi connectivity index (χ2v) is 4.16. The Balaban J connectivity index is 0.00000108. The van der Waals surface area contributed by atoms with Crippen LogP contribution in [0, 0.1) is 0 Å². The molecule has 88 valence electrons. The highest BCUT2D eigenvalue weighted by Crippen LogP contribution is 2.36. The van der Waals surface area contributed by atoms with Crippen LogP contribution in [-0.4, -0.2) is 12.1 Å². The molecule has 2 aromatic carbocycles. The first-order valence-corrected chi connectivity index (χ1v) is 5.67. The Morgan fingerprint density at radius 2 is 2.12 bits per heavy atom. The van der Waals surface area contributed by atoms with Gasteiger partial charge in [-0.25, -0.2) is 0 Å². The van der Waals surface area contributed by atoms with Crippen molar-refractivity contribution < 1.29 is 10.2 Å². The summed E-state index contributed by atoms with van der Waals surface area (Å²) in [5, 5.41) is 2.64. The van der Waals surface area contributed by atoms with E-state index in [0.717, 1.165) is 25.2 Å². The van der Waals surface area contributed by atoms with Gasteiger partial charge in [0.05, 0.1) is 6.61 Å². The topological polar surface area (TPSA) is 40.7 Å². The molecule has 1 heterocycles. The van der Waals surface area contributed by atoms with E-state index in [1.54, 1.807) is 0 Å². The molecule has 0 saturated carbocycles. The predicted molar refractivity (Wildman–Crippen MR) is 70.7 cm³/mol. The third-order valence-corrected chi connectivity index (χ3v) is 3.14. The lowest BCUT2D eigenvalue weighted by atomic mass is 9.97. The van der Waals surface area contributed by atoms with E-state index < -0.39 is 0 Å². The summed E-state index contributed by atoms with van der Waals surface area (Å²) in [6, 6.07) is 10.7. The van der Waals surface area contributed by atoms with Crippen molar-refractivity contribution in [3.63, 3.8) is 0 Å². The Morgan fingerprint density at radius 1 is 1.29 bits per heavy atom. The molecule has 0 aromatic heterocycles. The van der Waals surface area contributed by atoms with Crippen molar-refractivity contribution in [1.82, 2.24) is 0 Å². The van der Waals surface area contributed by atoms with Gasteiger partial charge in [0, 0.05) is 12.0 Å². The highest BCUT2D eigenvalue weighted by molar-refractivity contribution is 5.89. The van der Waals surface area contributed by atoms with Gasteiger partial charge in [0.25, 0.3) is 0 Å². The van der Waals surface area contributed by atoms with Crippen LogP contribution in [0.5, 0.6) is 5.75 Å². The SMILES string of the molecule is C=CCc1cc2ccccc2c2c1OCC2.O. The summed E-state index contributed by atoms with van der Waals surface area (Å²) in [4.78, 5) is 0. The summed E-state index contributed by atoms with van der Waals surface area (Å²) < 4.78 is 5.74. The minimum absolute atomic E-state index is 0. The van der Waals surface area contributed by atoms with E-state index >= 15 is 0 Å². The van der Waals surface area contributed by atoms with Gasteiger partial charge in [-0.2, -0.15) is 0 Å². The van der Waals surface area contributed by atoms with Crippen molar-refractivity contribution >= 4 is 10.8 Å². The number of rotatable bonds is 2. The van der Waals surface area contributed by atoms with E-state index in [9.17, 15) is 0 Å². The van der Waals surface area contributed by atoms with Crippen molar-refractivity contribution in [2.75, 3.05) is 6.61 Å². The summed E-state index contributed by atoms with van der Waals surface area (Å²) in [5.74, 6) is 1.10. The van der Waals surface area contributed by atoms with Crippen LogP contribution < -0.4 is 4.74 Å². The lowest BCUT2D eigenvalue weighted by Gasteiger charge is -2.09. The van der Waals surface area contributed by atoms with Crippen LogP contribution in [0.1, 0.15) is 11.1 Å². The van der Waals surface area contributed by atoms with E-state index in [1.807, 2.05) is 6.08 Å². The number of benzene rings is 2. The Morgan fingerprint density at radius 3 is 2.94 bits per heavy atom. The van der Waals surface area contributed by atoms with Crippen LogP contribution >= 0.6 is 0 Å². The zero-order valence-electron chi connectivity index (χ0n) is 9.70. The summed E-state index contributed by atoms with van der Waals surface area (Å²) in [5.41, 5.74) is 2.64. The molecule has 17 heavy (non-hydrogen) atoms. The van der Waals surface area contributed by atoms with Gasteiger partial charge in [-0.1, -0.05) is 30.3 Å². The highest BCUT2D eigenvalue weighted by atomic mass is 16.5. The van der Waals surface area contributed by atoms with E-state index in [-0.39, 0.29) is 5.48 Å². The van der Waals surface area contributed by atoms with Crippen molar-refractivity contribution in [3.05, 3.63) is 54.1 Å². The summed E-state index contributed by atoms with van der Waals surface area (Å²) >= 11 is 0. The van der Waals surface area contributed by atoms with Crippen LogP contribution in [0.25, 0.3) is 10.8 Å². The Kier molecular flexibility index (Phi) is 3.16. The van der Waals surface area contributed by atoms with Crippen LogP contribution in [0.15, 0.2) is 43.0 Å². The lowest BCUT2D eigenvalue weighted by molar-refractivity contribution is 0.354. The van der Waals surface area contributed by atoms with E-state index in [2.05, 4.69) is 36.9 Å². The molecular formula is C15H16O2. The van der Waals surface area contributed by atoms with Gasteiger partial charge in [0.15, 0.2) is 0 Å². The van der Waals surface area contributed by atoms with Gasteiger partial charge in [-0.15, -0.1) is 6.58 Å². The average molecular weight is 228 g/mol. The molecule has 3 rings (SSSR count). The fourth-order valence-electron chi connectivity index (χ4n) is 2.46. The first kappa shape index (κ1) is 11.7. The molecule has 0 amide bonds. The quantitative estimate of drug-likeness (QED) is 0.728. The Bertz CT molecular complexity index is 558. The second-order valence-electron chi connectivity index (χ2n) is 4.16. The van der Waals surface area contributed by atoms with Gasteiger partial charge < -0.3 is 10.2 Å². The average Bonchev–Trinajstić information content (AvgIpc) is 2.79. The summed E-state index contributed by atoms with van der Waals surface area (Å²) in [6.07, 6.45) is 3.85. The fraction of sp³-hybridized carbons (Fsp3) is 0.200. The molecule has 0 radical (unpaired) electrons. The Labute approximate surface area is 101 Å². The van der Waals surface area contributed by atoms with Gasteiger partial charge >= 0.3 is 0 Å². The lowest BCUT2D eigenvalue weighted by Crippen LogP contribution is -1.91. The monoisotopic (exact) mass is 228 g/mol. The number of ether oxygens (including phenoxy) is 1. The van der Waals surface area contributed by atoms with E-state index in [1.165, 1.54) is 21.9 Å². The molecule has 1 aliphatic rings. The molecule has 1 aliphatic heterocycles. The molecule has 2 nitrogen and oxygen atoms in total. The first-order valence-electron chi connectivity index (χ1n) is 5.67. The minimum atomic E-state index is 0. The largest absolute Gasteiger partial charge is 0.493 e. The van der Waals surface area contributed by atoms with Crippen molar-refractivity contribution in [1.29, 1.82) is 0 Å². The standard InChI is InChI=1S/C15H14O.H2O/c1-2-5-12-10-11-6-3-4-7-13(11)14-8-9-16-15(12)14;/h2-4,6-7,10H,1,5,8-9H2;1H2. The highest BCUT2D eigenvalue weighted by Gasteiger charge is 2.18. The normalized spacial score (nSPS) is 12.7. The molecular weight excluding hydrogens is 212 g/mol. The maximum Gasteiger partial charge on any atom is 0.126 e. The molecule has 0 fully saturated rings. The van der Waals surface area contributed by atoms with Crippen molar-refractivity contribution in [2.24, 2.45) is 0 Å². The van der Waals surface area contributed by atoms with E-state index in [0.29, 0.717) is 0 Å². The minimum Gasteiger partial charge on any atom is -0.493 e. The van der Waals surface area contributed by atoms with Crippen LogP contribution in [-0.2, 0) is 12.8 Å². The Hall–Kier alpha value is -1.80. The van der Waals surface area contributed by atoms with Crippen molar-refractivity contribution in [3.8, 4) is 5.75 Å². The van der Waals surface area contributed by atoms with Crippen LogP contribution in [0.4, 0.5) is 0 Å². The molecule has 2 aromatic rings. The van der Waals surface area contributed by atoms with E-state index in [4.69, 9.17) is 4.74 Å². The second kappa shape index (κ2) is 4.60. The third-order valence-electron chi connectivity index (χ3n) is 3.14. The number of fused-ring (bicyclic) bond motifs is 3. The molecule has 2 N–H and O–H groups in total. The maximum atomic E-state index is 5.74. The first-order chi connectivity index (χ1) is 7.90. The summed E-state index contributed by atoms with van der Waals surface area (Å²) in [7, 11) is 0. The van der Waals surface area contributed by atoms with Gasteiger partial charge in [-0.05, 0) is 28.8 Å². The fourth-order valence-corrected chi connectivity index (χ4v) is 2.46. The van der Waals surface area contributed by atoms with Gasteiger partial charge in [-0.3, -0.25) is 0 Å². The van der Waals surface area contributed by atoms with Gasteiger partial charge in [0.1, 0.15) is 5.75 Å². The maximum absolute atomic E-state index is 5.74. The van der Waals surface area contributed by atoms with Gasteiger partial charge in [0.2, 0.25) is 0 Å². The summed E-state index contributed by atoms with van der Waals surface area (Å²) in [6.45, 7) is 4.62. The zero-order valence-corrected chi connectivity index (χ0v) is 9.70. The molecule has 0 atom stereocenters. The van der Waals surface area contributed by atoms with Crippen LogP contribution in [0.2, 0.25) is 0 Å². The molecule has 0 saturated heterocycles. The molecule has 0 unspecified atom stereocenters. The predicted octanol–water partition coefficient (Wildman–Crippen LogP) is 2.68. The number of allylic oxidation sites excluding steroid dienone is 1. The number of hydrogen-bond donors (Lipinski definition) is 0. The smallest absolute Gasteiger partial charge is 0.126 e. The number of hydrogen-bond acceptors (Lipinski definition) is 1. The van der Waals surface area contributed by atoms with Crippen molar-refractivity contribution in [2.45, 2.75) is 12.8 Å². The molecule has 0 bridgehead atoms. The molecule has 0 aliphatic carbocycles. The molecule has 2 heteroatoms. The zero-order chi connectivity index (χ0) is 11.0. The van der Waals surface area contributed by atoms with Crippen LogP contribution in [0.3, 0.4) is 0 Å².